The van der Waals surface area contributed by atoms with Gasteiger partial charge in [-0.25, -0.2) is 0 Å². The van der Waals surface area contributed by atoms with Crippen molar-refractivity contribution >= 4 is 16.6 Å². The van der Waals surface area contributed by atoms with Crippen molar-refractivity contribution in [1.82, 2.24) is 4.98 Å². The van der Waals surface area contributed by atoms with Crippen LogP contribution in [0.3, 0.4) is 0 Å². The molecule has 5 nitrogen and oxygen atoms in total. The van der Waals surface area contributed by atoms with Crippen LogP contribution < -0.4 is 0 Å². The van der Waals surface area contributed by atoms with Crippen LogP contribution in [0.15, 0.2) is 30.5 Å². The summed E-state index contributed by atoms with van der Waals surface area (Å²) >= 11 is 0. The SMILES string of the molecule is CC(O)C(C)c1ccc([N+](=O)[O-])c2cccnc12. The van der Waals surface area contributed by atoms with Gasteiger partial charge in [0.2, 0.25) is 0 Å². The number of aliphatic hydroxyl groups is 1. The summed E-state index contributed by atoms with van der Waals surface area (Å²) in [7, 11) is 0. The van der Waals surface area contributed by atoms with E-state index in [1.165, 1.54) is 6.07 Å². The third kappa shape index (κ3) is 2.04. The van der Waals surface area contributed by atoms with E-state index in [1.54, 1.807) is 31.3 Å². The molecule has 0 aliphatic carbocycles. The molecule has 1 heterocycles. The molecule has 1 N–H and O–H groups in total. The second-order valence-electron chi connectivity index (χ2n) is 4.36. The van der Waals surface area contributed by atoms with Crippen LogP contribution in [0.5, 0.6) is 0 Å². The van der Waals surface area contributed by atoms with Crippen molar-refractivity contribution in [3.63, 3.8) is 0 Å². The van der Waals surface area contributed by atoms with E-state index in [4.69, 9.17) is 0 Å². The lowest BCUT2D eigenvalue weighted by atomic mass is 9.93. The number of non-ortho nitro benzene ring substituents is 1. The number of aliphatic hydroxyl groups excluding tert-OH is 1. The van der Waals surface area contributed by atoms with Gasteiger partial charge in [0.1, 0.15) is 0 Å². The molecule has 1 aromatic carbocycles. The Morgan fingerprint density at radius 3 is 2.67 bits per heavy atom. The maximum absolute atomic E-state index is 11.0. The number of hydrogen-bond acceptors (Lipinski definition) is 4. The monoisotopic (exact) mass is 246 g/mol. The van der Waals surface area contributed by atoms with Crippen molar-refractivity contribution in [3.8, 4) is 0 Å². The summed E-state index contributed by atoms with van der Waals surface area (Å²) in [6, 6.07) is 6.49. The fraction of sp³-hybridized carbons (Fsp3) is 0.308. The van der Waals surface area contributed by atoms with Gasteiger partial charge in [0.25, 0.3) is 5.69 Å². The number of rotatable bonds is 3. The van der Waals surface area contributed by atoms with E-state index in [2.05, 4.69) is 4.98 Å². The minimum atomic E-state index is -0.531. The maximum Gasteiger partial charge on any atom is 0.278 e. The maximum atomic E-state index is 11.0. The number of nitrogens with zero attached hydrogens (tertiary/aromatic N) is 2. The van der Waals surface area contributed by atoms with Crippen molar-refractivity contribution in [1.29, 1.82) is 0 Å². The fourth-order valence-corrected chi connectivity index (χ4v) is 1.97. The summed E-state index contributed by atoms with van der Waals surface area (Å²) < 4.78 is 0. The molecule has 0 radical (unpaired) electrons. The first-order chi connectivity index (χ1) is 8.52. The molecule has 1 aromatic heterocycles. The van der Waals surface area contributed by atoms with Gasteiger partial charge in [-0.05, 0) is 30.7 Å². The summed E-state index contributed by atoms with van der Waals surface area (Å²) in [4.78, 5) is 14.8. The predicted octanol–water partition coefficient (Wildman–Crippen LogP) is 2.63. The van der Waals surface area contributed by atoms with Crippen molar-refractivity contribution < 1.29 is 10.0 Å². The standard InChI is InChI=1S/C13H14N2O3/c1-8(9(2)16)10-5-6-12(15(17)18)11-4-3-7-14-13(10)11/h3-9,16H,1-2H3. The van der Waals surface area contributed by atoms with Crippen LogP contribution in [-0.2, 0) is 0 Å². The van der Waals surface area contributed by atoms with E-state index >= 15 is 0 Å². The van der Waals surface area contributed by atoms with Gasteiger partial charge in [-0.2, -0.15) is 0 Å². The van der Waals surface area contributed by atoms with Gasteiger partial charge in [-0.3, -0.25) is 15.1 Å². The Labute approximate surface area is 104 Å². The molecule has 5 heteroatoms. The van der Waals surface area contributed by atoms with Crippen molar-refractivity contribution in [2.24, 2.45) is 0 Å². The molecule has 18 heavy (non-hydrogen) atoms. The lowest BCUT2D eigenvalue weighted by molar-refractivity contribution is -0.383. The lowest BCUT2D eigenvalue weighted by Gasteiger charge is -2.16. The molecule has 2 atom stereocenters. The highest BCUT2D eigenvalue weighted by molar-refractivity contribution is 5.90. The number of fused-ring (bicyclic) bond motifs is 1. The molecule has 2 aromatic rings. The highest BCUT2D eigenvalue weighted by Crippen LogP contribution is 2.31. The molecule has 0 aliphatic rings. The molecule has 0 fully saturated rings. The molecule has 2 rings (SSSR count). The number of nitro benzene ring substituents is 1. The minimum absolute atomic E-state index is 0.0413. The second kappa shape index (κ2) is 4.70. The molecule has 0 spiro atoms. The Morgan fingerprint density at radius 1 is 1.33 bits per heavy atom. The third-order valence-electron chi connectivity index (χ3n) is 3.19. The molecular formula is C13H14N2O3. The first-order valence-electron chi connectivity index (χ1n) is 5.72. The zero-order valence-electron chi connectivity index (χ0n) is 10.2. The minimum Gasteiger partial charge on any atom is -0.393 e. The summed E-state index contributed by atoms with van der Waals surface area (Å²) in [5, 5.41) is 21.1. The van der Waals surface area contributed by atoms with E-state index < -0.39 is 11.0 Å². The number of nitro groups is 1. The van der Waals surface area contributed by atoms with Gasteiger partial charge in [-0.1, -0.05) is 6.92 Å². The molecule has 0 saturated carbocycles. The molecule has 0 saturated heterocycles. The molecule has 0 amide bonds. The van der Waals surface area contributed by atoms with E-state index in [-0.39, 0.29) is 11.6 Å². The first kappa shape index (κ1) is 12.4. The normalized spacial score (nSPS) is 14.4. The molecule has 0 aliphatic heterocycles. The van der Waals surface area contributed by atoms with Gasteiger partial charge in [0.05, 0.1) is 21.9 Å². The van der Waals surface area contributed by atoms with Crippen LogP contribution in [0, 0.1) is 10.1 Å². The van der Waals surface area contributed by atoms with E-state index in [0.29, 0.717) is 10.9 Å². The van der Waals surface area contributed by atoms with Crippen molar-refractivity contribution in [3.05, 3.63) is 46.1 Å². The van der Waals surface area contributed by atoms with Crippen molar-refractivity contribution in [2.45, 2.75) is 25.9 Å². The third-order valence-corrected chi connectivity index (χ3v) is 3.19. The van der Waals surface area contributed by atoms with Crippen LogP contribution in [-0.4, -0.2) is 21.1 Å². The van der Waals surface area contributed by atoms with Crippen LogP contribution in [0.2, 0.25) is 0 Å². The van der Waals surface area contributed by atoms with E-state index in [9.17, 15) is 15.2 Å². The number of hydrogen-bond donors (Lipinski definition) is 1. The first-order valence-corrected chi connectivity index (χ1v) is 5.72. The molecule has 94 valence electrons. The molecule has 0 bridgehead atoms. The molecular weight excluding hydrogens is 232 g/mol. The average Bonchev–Trinajstić information content (AvgIpc) is 2.36. The predicted molar refractivity (Wildman–Crippen MR) is 68.5 cm³/mol. The summed E-state index contributed by atoms with van der Waals surface area (Å²) in [5.74, 6) is -0.122. The zero-order valence-corrected chi connectivity index (χ0v) is 10.2. The Balaban J connectivity index is 2.72. The van der Waals surface area contributed by atoms with Gasteiger partial charge in [0, 0.05) is 18.2 Å². The highest BCUT2D eigenvalue weighted by atomic mass is 16.6. The Bertz CT molecular complexity index is 596. The number of aromatic nitrogens is 1. The Kier molecular flexibility index (Phi) is 3.25. The summed E-state index contributed by atoms with van der Waals surface area (Å²) in [5.41, 5.74) is 1.45. The quantitative estimate of drug-likeness (QED) is 0.667. The van der Waals surface area contributed by atoms with Gasteiger partial charge in [-0.15, -0.1) is 0 Å². The van der Waals surface area contributed by atoms with Crippen LogP contribution in [0.4, 0.5) is 5.69 Å². The van der Waals surface area contributed by atoms with Crippen molar-refractivity contribution in [2.75, 3.05) is 0 Å². The largest absolute Gasteiger partial charge is 0.393 e. The van der Waals surface area contributed by atoms with Crippen LogP contribution in [0.25, 0.3) is 10.9 Å². The highest BCUT2D eigenvalue weighted by Gasteiger charge is 2.20. The topological polar surface area (TPSA) is 76.3 Å². The average molecular weight is 246 g/mol. The summed E-state index contributed by atoms with van der Waals surface area (Å²) in [6.45, 7) is 3.57. The zero-order chi connectivity index (χ0) is 13.3. The fourth-order valence-electron chi connectivity index (χ4n) is 1.97. The Morgan fingerprint density at radius 2 is 2.06 bits per heavy atom. The molecule has 2 unspecified atom stereocenters. The van der Waals surface area contributed by atoms with E-state index in [0.717, 1.165) is 5.56 Å². The lowest BCUT2D eigenvalue weighted by Crippen LogP contribution is -2.12. The van der Waals surface area contributed by atoms with Crippen LogP contribution in [0.1, 0.15) is 25.3 Å². The Hall–Kier alpha value is -2.01. The van der Waals surface area contributed by atoms with Gasteiger partial charge >= 0.3 is 0 Å². The summed E-state index contributed by atoms with van der Waals surface area (Å²) in [6.07, 6.45) is 1.07. The van der Waals surface area contributed by atoms with Gasteiger partial charge in [0.15, 0.2) is 0 Å². The van der Waals surface area contributed by atoms with Gasteiger partial charge < -0.3 is 5.11 Å². The van der Waals surface area contributed by atoms with Crippen LogP contribution >= 0.6 is 0 Å². The number of benzene rings is 1. The van der Waals surface area contributed by atoms with E-state index in [1.807, 2.05) is 6.92 Å². The number of pyridine rings is 1. The second-order valence-corrected chi connectivity index (χ2v) is 4.36. The smallest absolute Gasteiger partial charge is 0.278 e.